The molecule has 1 aliphatic heterocycles. The highest BCUT2D eigenvalue weighted by atomic mass is 32.2. The molecule has 2 N–H and O–H groups in total. The van der Waals surface area contributed by atoms with Crippen LogP contribution in [0.2, 0.25) is 0 Å². The Kier molecular flexibility index (Phi) is 7.70. The van der Waals surface area contributed by atoms with Gasteiger partial charge in [0.25, 0.3) is 0 Å². The Hall–Kier alpha value is -2.48. The lowest BCUT2D eigenvalue weighted by Gasteiger charge is -2.44. The number of aliphatic hydroxyl groups excluding tert-OH is 2. The zero-order chi connectivity index (χ0) is 25.3. The summed E-state index contributed by atoms with van der Waals surface area (Å²) in [7, 11) is -2.11. The Bertz CT molecular complexity index is 1130. The smallest absolute Gasteiger partial charge is 0.392 e. The molecule has 9 nitrogen and oxygen atoms in total. The summed E-state index contributed by atoms with van der Waals surface area (Å²) < 4.78 is 70.2. The van der Waals surface area contributed by atoms with E-state index < -0.39 is 52.6 Å². The van der Waals surface area contributed by atoms with Crippen LogP contribution in [0.1, 0.15) is 23.7 Å². The second-order valence-electron chi connectivity index (χ2n) is 8.07. The van der Waals surface area contributed by atoms with Gasteiger partial charge in [0.05, 0.1) is 30.3 Å². The molecule has 1 aromatic carbocycles. The van der Waals surface area contributed by atoms with E-state index in [1.54, 1.807) is 24.0 Å². The molecular weight excluding hydrogens is 477 g/mol. The Morgan fingerprint density at radius 1 is 1.21 bits per heavy atom. The van der Waals surface area contributed by atoms with Crippen LogP contribution < -0.4 is 9.80 Å². The lowest BCUT2D eigenvalue weighted by Crippen LogP contribution is -2.58. The third-order valence-corrected chi connectivity index (χ3v) is 7.04. The molecule has 2 aromatic rings. The third kappa shape index (κ3) is 5.43. The standard InChI is InChI=1S/C21H27F3N4O5S/c1-13(33-2)17-10-27(16-5-4-14(11-29)18(8-16)34(3,31)32)6-7-28(17)20-25-9-15(12-30)19(26-20)21(22,23)24/h4-5,8-9,13,17,29-30H,6-7,10-12H2,1-3H3/t13-,17+/m1/s1. The van der Waals surface area contributed by atoms with Gasteiger partial charge in [0, 0.05) is 50.4 Å². The fourth-order valence-electron chi connectivity index (χ4n) is 3.96. The van der Waals surface area contributed by atoms with Crippen molar-refractivity contribution >= 4 is 21.5 Å². The largest absolute Gasteiger partial charge is 0.433 e. The predicted molar refractivity (Wildman–Crippen MR) is 118 cm³/mol. The second kappa shape index (κ2) is 10.0. The van der Waals surface area contributed by atoms with E-state index >= 15 is 0 Å². The molecule has 0 amide bonds. The molecule has 1 aromatic heterocycles. The number of benzene rings is 1. The summed E-state index contributed by atoms with van der Waals surface area (Å²) in [6.07, 6.45) is -3.15. The van der Waals surface area contributed by atoms with Gasteiger partial charge in [-0.05, 0) is 24.6 Å². The fourth-order valence-corrected chi connectivity index (χ4v) is 4.91. The molecule has 0 saturated carbocycles. The Morgan fingerprint density at radius 2 is 1.88 bits per heavy atom. The monoisotopic (exact) mass is 504 g/mol. The average molecular weight is 505 g/mol. The predicted octanol–water partition coefficient (Wildman–Crippen LogP) is 1.61. The van der Waals surface area contributed by atoms with E-state index in [0.29, 0.717) is 18.8 Å². The van der Waals surface area contributed by atoms with Crippen LogP contribution in [0.4, 0.5) is 24.8 Å². The minimum Gasteiger partial charge on any atom is -0.392 e. The maximum atomic E-state index is 13.5. The number of anilines is 2. The molecule has 3 rings (SSSR count). The highest BCUT2D eigenvalue weighted by Crippen LogP contribution is 2.33. The van der Waals surface area contributed by atoms with Crippen LogP contribution in [0.3, 0.4) is 0 Å². The van der Waals surface area contributed by atoms with Crippen molar-refractivity contribution in [2.75, 3.05) is 42.8 Å². The first-order chi connectivity index (χ1) is 15.9. The first kappa shape index (κ1) is 26.1. The maximum Gasteiger partial charge on any atom is 0.433 e. The highest BCUT2D eigenvalue weighted by Gasteiger charge is 2.38. The highest BCUT2D eigenvalue weighted by molar-refractivity contribution is 7.90. The summed E-state index contributed by atoms with van der Waals surface area (Å²) in [5.41, 5.74) is -0.728. The fraction of sp³-hybridized carbons (Fsp3) is 0.524. The Balaban J connectivity index is 1.97. The summed E-state index contributed by atoms with van der Waals surface area (Å²) in [4.78, 5) is 11.3. The van der Waals surface area contributed by atoms with E-state index in [4.69, 9.17) is 4.74 Å². The van der Waals surface area contributed by atoms with Crippen molar-refractivity contribution in [3.05, 3.63) is 41.2 Å². The van der Waals surface area contributed by atoms with Crippen molar-refractivity contribution in [3.8, 4) is 0 Å². The second-order valence-corrected chi connectivity index (χ2v) is 10.1. The average Bonchev–Trinajstić information content (AvgIpc) is 2.81. The van der Waals surface area contributed by atoms with E-state index in [-0.39, 0.29) is 23.0 Å². The van der Waals surface area contributed by atoms with Crippen LogP contribution in [-0.4, -0.2) is 73.7 Å². The minimum absolute atomic E-state index is 0.0176. The van der Waals surface area contributed by atoms with Gasteiger partial charge in [0.1, 0.15) is 0 Å². The van der Waals surface area contributed by atoms with Crippen LogP contribution in [0.15, 0.2) is 29.3 Å². The van der Waals surface area contributed by atoms with Crippen LogP contribution >= 0.6 is 0 Å². The van der Waals surface area contributed by atoms with Crippen molar-refractivity contribution in [2.24, 2.45) is 0 Å². The number of hydrogen-bond acceptors (Lipinski definition) is 9. The van der Waals surface area contributed by atoms with Gasteiger partial charge in [0.15, 0.2) is 15.5 Å². The first-order valence-corrected chi connectivity index (χ1v) is 12.3. The van der Waals surface area contributed by atoms with E-state index in [2.05, 4.69) is 9.97 Å². The number of methoxy groups -OCH3 is 1. The number of alkyl halides is 3. The van der Waals surface area contributed by atoms with Crippen molar-refractivity contribution in [1.82, 2.24) is 9.97 Å². The molecule has 34 heavy (non-hydrogen) atoms. The number of hydrogen-bond donors (Lipinski definition) is 2. The summed E-state index contributed by atoms with van der Waals surface area (Å²) in [5, 5.41) is 18.8. The van der Waals surface area contributed by atoms with Gasteiger partial charge in [-0.2, -0.15) is 13.2 Å². The number of sulfone groups is 1. The van der Waals surface area contributed by atoms with Crippen LogP contribution in [-0.2, 0) is 34.0 Å². The molecule has 0 bridgehead atoms. The molecule has 0 spiro atoms. The summed E-state index contributed by atoms with van der Waals surface area (Å²) in [5.74, 6) is -0.134. The third-order valence-electron chi connectivity index (χ3n) is 5.87. The number of halogens is 3. The van der Waals surface area contributed by atoms with Crippen molar-refractivity contribution in [1.29, 1.82) is 0 Å². The zero-order valence-corrected chi connectivity index (χ0v) is 19.8. The molecule has 0 radical (unpaired) electrons. The van der Waals surface area contributed by atoms with Crippen LogP contribution in [0.25, 0.3) is 0 Å². The molecule has 0 aliphatic carbocycles. The molecule has 2 atom stereocenters. The molecule has 13 heteroatoms. The number of aromatic nitrogens is 2. The number of rotatable bonds is 7. The quantitative estimate of drug-likeness (QED) is 0.580. The molecule has 1 fully saturated rings. The summed E-state index contributed by atoms with van der Waals surface area (Å²) in [6, 6.07) is 4.26. The van der Waals surface area contributed by atoms with Gasteiger partial charge in [-0.25, -0.2) is 18.4 Å². The van der Waals surface area contributed by atoms with Gasteiger partial charge < -0.3 is 24.7 Å². The van der Waals surface area contributed by atoms with Crippen molar-refractivity contribution in [3.63, 3.8) is 0 Å². The van der Waals surface area contributed by atoms with Crippen LogP contribution in [0, 0.1) is 0 Å². The molecule has 188 valence electrons. The lowest BCUT2D eigenvalue weighted by molar-refractivity contribution is -0.142. The van der Waals surface area contributed by atoms with Crippen molar-refractivity contribution < 1.29 is 36.5 Å². The number of nitrogens with zero attached hydrogens (tertiary/aromatic N) is 4. The first-order valence-electron chi connectivity index (χ1n) is 10.4. The van der Waals surface area contributed by atoms with Crippen LogP contribution in [0.5, 0.6) is 0 Å². The Labute approximate surface area is 195 Å². The van der Waals surface area contributed by atoms with E-state index in [9.17, 15) is 31.8 Å². The Morgan fingerprint density at radius 3 is 2.44 bits per heavy atom. The van der Waals surface area contributed by atoms with Gasteiger partial charge in [0.2, 0.25) is 5.95 Å². The zero-order valence-electron chi connectivity index (χ0n) is 18.9. The van der Waals surface area contributed by atoms with E-state index in [0.717, 1.165) is 12.5 Å². The normalized spacial score (nSPS) is 18.3. The number of aliphatic hydroxyl groups is 2. The SMILES string of the molecule is CO[C@H](C)[C@@H]1CN(c2ccc(CO)c(S(C)(=O)=O)c2)CCN1c1ncc(CO)c(C(F)(F)F)n1. The summed E-state index contributed by atoms with van der Waals surface area (Å²) >= 11 is 0. The topological polar surface area (TPSA) is 116 Å². The molecular formula is C21H27F3N4O5S. The molecule has 1 saturated heterocycles. The van der Waals surface area contributed by atoms with Crippen molar-refractivity contribution in [2.45, 2.75) is 43.4 Å². The van der Waals surface area contributed by atoms with Gasteiger partial charge in [-0.15, -0.1) is 0 Å². The minimum atomic E-state index is -4.75. The summed E-state index contributed by atoms with van der Waals surface area (Å²) in [6.45, 7) is 1.38. The van der Waals surface area contributed by atoms with Gasteiger partial charge in [-0.1, -0.05) is 6.07 Å². The lowest BCUT2D eigenvalue weighted by atomic mass is 10.1. The number of piperazine rings is 1. The van der Waals surface area contributed by atoms with Gasteiger partial charge >= 0.3 is 6.18 Å². The number of ether oxygens (including phenoxy) is 1. The maximum absolute atomic E-state index is 13.5. The van der Waals surface area contributed by atoms with E-state index in [1.807, 2.05) is 4.90 Å². The van der Waals surface area contributed by atoms with E-state index in [1.165, 1.54) is 13.2 Å². The molecule has 0 unspecified atom stereocenters. The molecule has 1 aliphatic rings. The molecule has 2 heterocycles. The van der Waals surface area contributed by atoms with Gasteiger partial charge in [-0.3, -0.25) is 0 Å².